The van der Waals surface area contributed by atoms with E-state index in [4.69, 9.17) is 5.11 Å². The summed E-state index contributed by atoms with van der Waals surface area (Å²) in [6.45, 7) is 3.22. The van der Waals surface area contributed by atoms with Gasteiger partial charge < -0.3 is 14.9 Å². The van der Waals surface area contributed by atoms with E-state index in [1.807, 2.05) is 0 Å². The highest BCUT2D eigenvalue weighted by atomic mass is 16.3. The molecule has 2 rings (SSSR count). The summed E-state index contributed by atoms with van der Waals surface area (Å²) in [5.41, 5.74) is 0. The van der Waals surface area contributed by atoms with E-state index in [2.05, 4.69) is 11.9 Å². The van der Waals surface area contributed by atoms with Gasteiger partial charge in [0.1, 0.15) is 0 Å². The highest BCUT2D eigenvalue weighted by molar-refractivity contribution is 5.79. The van der Waals surface area contributed by atoms with Gasteiger partial charge in [-0.1, -0.05) is 0 Å². The largest absolute Gasteiger partial charge is 0.389 e. The minimum atomic E-state index is -0.276. The van der Waals surface area contributed by atoms with Crippen molar-refractivity contribution in [1.82, 2.24) is 9.80 Å². The Bertz CT molecular complexity index is 239. The van der Waals surface area contributed by atoms with Crippen molar-refractivity contribution in [2.75, 3.05) is 33.2 Å². The summed E-state index contributed by atoms with van der Waals surface area (Å²) in [7, 11) is 2.11. The molecular formula is C11H20N2O2. The molecule has 1 N–H and O–H groups in total. The molecule has 1 atom stereocenters. The lowest BCUT2D eigenvalue weighted by atomic mass is 9.97. The Labute approximate surface area is 90.9 Å². The van der Waals surface area contributed by atoms with Crippen LogP contribution in [0.15, 0.2) is 0 Å². The Hall–Kier alpha value is -0.610. The first-order chi connectivity index (χ1) is 7.16. The van der Waals surface area contributed by atoms with Crippen LogP contribution in [0.5, 0.6) is 0 Å². The van der Waals surface area contributed by atoms with Crippen LogP contribution in [0.4, 0.5) is 0 Å². The van der Waals surface area contributed by atoms with Gasteiger partial charge in [-0.3, -0.25) is 4.79 Å². The molecule has 0 aromatic heterocycles. The second-order valence-electron chi connectivity index (χ2n) is 4.83. The van der Waals surface area contributed by atoms with Gasteiger partial charge in [0, 0.05) is 19.0 Å². The van der Waals surface area contributed by atoms with E-state index in [1.54, 1.807) is 4.90 Å². The third-order valence-electron chi connectivity index (χ3n) is 3.47. The van der Waals surface area contributed by atoms with Gasteiger partial charge in [0.25, 0.3) is 0 Å². The van der Waals surface area contributed by atoms with Crippen molar-refractivity contribution in [3.8, 4) is 0 Å². The molecule has 0 radical (unpaired) electrons. The lowest BCUT2D eigenvalue weighted by Crippen LogP contribution is -2.55. The molecule has 0 bridgehead atoms. The molecule has 4 nitrogen and oxygen atoms in total. The number of hydrogen-bond donors (Lipinski definition) is 1. The van der Waals surface area contributed by atoms with Gasteiger partial charge in [0.15, 0.2) is 0 Å². The number of β-amino-alcohol motifs (C(OH)–C–C–N with tert-alkyl or cyclic N) is 1. The summed E-state index contributed by atoms with van der Waals surface area (Å²) < 4.78 is 0. The first-order valence-corrected chi connectivity index (χ1v) is 5.82. The fourth-order valence-corrected chi connectivity index (χ4v) is 2.38. The first kappa shape index (κ1) is 10.9. The van der Waals surface area contributed by atoms with Gasteiger partial charge >= 0.3 is 0 Å². The van der Waals surface area contributed by atoms with Crippen LogP contribution >= 0.6 is 0 Å². The molecule has 2 aliphatic heterocycles. The second kappa shape index (κ2) is 4.49. The van der Waals surface area contributed by atoms with Gasteiger partial charge in [-0.2, -0.15) is 0 Å². The summed E-state index contributed by atoms with van der Waals surface area (Å²) in [6.07, 6.45) is 2.82. The molecule has 1 unspecified atom stereocenters. The van der Waals surface area contributed by atoms with Crippen LogP contribution in [0.2, 0.25) is 0 Å². The molecule has 0 saturated carbocycles. The Morgan fingerprint density at radius 3 is 2.67 bits per heavy atom. The van der Waals surface area contributed by atoms with Crippen LogP contribution in [0.25, 0.3) is 0 Å². The van der Waals surface area contributed by atoms with Gasteiger partial charge in [-0.05, 0) is 39.4 Å². The topological polar surface area (TPSA) is 43.8 Å². The number of aliphatic hydroxyl groups is 1. The molecule has 2 heterocycles. The number of carbonyl (C=O) groups excluding carboxylic acids is 1. The van der Waals surface area contributed by atoms with E-state index in [1.165, 1.54) is 0 Å². The first-order valence-electron chi connectivity index (χ1n) is 5.82. The zero-order valence-electron chi connectivity index (χ0n) is 9.35. The molecule has 15 heavy (non-hydrogen) atoms. The Balaban J connectivity index is 1.84. The summed E-state index contributed by atoms with van der Waals surface area (Å²) in [4.78, 5) is 16.1. The van der Waals surface area contributed by atoms with Crippen molar-refractivity contribution >= 4 is 5.91 Å². The van der Waals surface area contributed by atoms with Crippen LogP contribution in [0.3, 0.4) is 0 Å². The zero-order chi connectivity index (χ0) is 10.8. The second-order valence-corrected chi connectivity index (χ2v) is 4.83. The lowest BCUT2D eigenvalue weighted by Gasteiger charge is -2.38. The molecule has 0 aromatic rings. The van der Waals surface area contributed by atoms with E-state index in [0.717, 1.165) is 32.4 Å². The van der Waals surface area contributed by atoms with Gasteiger partial charge in [-0.25, -0.2) is 0 Å². The fourth-order valence-electron chi connectivity index (χ4n) is 2.38. The quantitative estimate of drug-likeness (QED) is 0.661. The average Bonchev–Trinajstić information content (AvgIpc) is 2.37. The fraction of sp³-hybridized carbons (Fsp3) is 0.909. The molecule has 86 valence electrons. The van der Waals surface area contributed by atoms with Crippen LogP contribution in [0, 0.1) is 5.92 Å². The van der Waals surface area contributed by atoms with Crippen LogP contribution < -0.4 is 0 Å². The minimum absolute atomic E-state index is 0.197. The third kappa shape index (κ3) is 2.49. The Kier molecular flexibility index (Phi) is 3.26. The molecular weight excluding hydrogens is 192 g/mol. The van der Waals surface area contributed by atoms with Crippen LogP contribution in [-0.4, -0.2) is 60.1 Å². The molecule has 1 amide bonds. The lowest BCUT2D eigenvalue weighted by molar-refractivity contribution is -0.146. The summed E-state index contributed by atoms with van der Waals surface area (Å²) in [5.74, 6) is 0.457. The standard InChI is InChI=1S/C11H20N2O2/c1-12-5-2-3-9(4-6-12)11(15)13-7-10(14)8-13/h9-10,14H,2-8H2,1H3. The van der Waals surface area contributed by atoms with Crippen molar-refractivity contribution in [2.45, 2.75) is 25.4 Å². The van der Waals surface area contributed by atoms with E-state index in [9.17, 15) is 4.79 Å². The Morgan fingerprint density at radius 2 is 2.00 bits per heavy atom. The minimum Gasteiger partial charge on any atom is -0.389 e. The van der Waals surface area contributed by atoms with Crippen molar-refractivity contribution in [1.29, 1.82) is 0 Å². The average molecular weight is 212 g/mol. The highest BCUT2D eigenvalue weighted by Gasteiger charge is 2.33. The summed E-state index contributed by atoms with van der Waals surface area (Å²) in [5, 5.41) is 9.16. The Morgan fingerprint density at radius 1 is 1.27 bits per heavy atom. The molecule has 2 aliphatic rings. The van der Waals surface area contributed by atoms with E-state index < -0.39 is 0 Å². The maximum absolute atomic E-state index is 12.0. The number of aliphatic hydroxyl groups excluding tert-OH is 1. The smallest absolute Gasteiger partial charge is 0.225 e. The molecule has 0 aliphatic carbocycles. The van der Waals surface area contributed by atoms with E-state index in [0.29, 0.717) is 13.1 Å². The number of rotatable bonds is 1. The van der Waals surface area contributed by atoms with Crippen molar-refractivity contribution in [3.05, 3.63) is 0 Å². The number of likely N-dealkylation sites (tertiary alicyclic amines) is 2. The molecule has 2 saturated heterocycles. The maximum atomic E-state index is 12.0. The number of nitrogens with zero attached hydrogens (tertiary/aromatic N) is 2. The maximum Gasteiger partial charge on any atom is 0.225 e. The molecule has 4 heteroatoms. The SMILES string of the molecule is CN1CCCC(C(=O)N2CC(O)C2)CC1. The van der Waals surface area contributed by atoms with Gasteiger partial charge in [0.2, 0.25) is 5.91 Å². The normalized spacial score (nSPS) is 29.7. The van der Waals surface area contributed by atoms with E-state index >= 15 is 0 Å². The zero-order valence-corrected chi connectivity index (χ0v) is 9.35. The highest BCUT2D eigenvalue weighted by Crippen LogP contribution is 2.21. The monoisotopic (exact) mass is 212 g/mol. The number of amides is 1. The molecule has 2 fully saturated rings. The van der Waals surface area contributed by atoms with Crippen LogP contribution in [-0.2, 0) is 4.79 Å². The van der Waals surface area contributed by atoms with Gasteiger partial charge in [-0.15, -0.1) is 0 Å². The third-order valence-corrected chi connectivity index (χ3v) is 3.47. The van der Waals surface area contributed by atoms with Crippen molar-refractivity contribution in [3.63, 3.8) is 0 Å². The summed E-state index contributed by atoms with van der Waals surface area (Å²) in [6, 6.07) is 0. The number of carbonyl (C=O) groups is 1. The van der Waals surface area contributed by atoms with Crippen molar-refractivity contribution in [2.24, 2.45) is 5.92 Å². The predicted octanol–water partition coefficient (Wildman–Crippen LogP) is -0.0786. The molecule has 0 spiro atoms. The number of hydrogen-bond acceptors (Lipinski definition) is 3. The van der Waals surface area contributed by atoms with Crippen molar-refractivity contribution < 1.29 is 9.90 Å². The summed E-state index contributed by atoms with van der Waals surface area (Å²) >= 11 is 0. The predicted molar refractivity (Wildman–Crippen MR) is 57.4 cm³/mol. The van der Waals surface area contributed by atoms with Crippen LogP contribution in [0.1, 0.15) is 19.3 Å². The molecule has 0 aromatic carbocycles. The van der Waals surface area contributed by atoms with Gasteiger partial charge in [0.05, 0.1) is 6.10 Å². The van der Waals surface area contributed by atoms with E-state index in [-0.39, 0.29) is 17.9 Å².